The molecular weight excluding hydrogens is 442 g/mol. The maximum atomic E-state index is 13.3. The quantitative estimate of drug-likeness (QED) is 0.375. The van der Waals surface area contributed by atoms with Crippen LogP contribution in [0.4, 0.5) is 0 Å². The number of rotatable bonds is 6. The van der Waals surface area contributed by atoms with Crippen LogP contribution in [0.25, 0.3) is 0 Å². The second-order valence-electron chi connectivity index (χ2n) is 15.3. The Kier molecular flexibility index (Phi) is 7.38. The van der Waals surface area contributed by atoms with Gasteiger partial charge in [-0.15, -0.1) is 0 Å². The number of Topliss-reactive ketones (excluding diaryl/α,β-unsaturated/α-hetero) is 1. The molecule has 0 spiro atoms. The molecule has 0 aliphatic heterocycles. The van der Waals surface area contributed by atoms with Crippen molar-refractivity contribution >= 4 is 5.78 Å². The SMILES string of the molecule is C=C(C)OC1CCC2(C)C(CCC3(C)C2CCC(C2C(C(C)C)C(=O)CC2(N)CCC)[C@@H]3C)C1(C)C. The van der Waals surface area contributed by atoms with Crippen LogP contribution < -0.4 is 5.73 Å². The Morgan fingerprint density at radius 2 is 1.69 bits per heavy atom. The van der Waals surface area contributed by atoms with E-state index in [-0.39, 0.29) is 23.0 Å². The molecule has 0 amide bonds. The summed E-state index contributed by atoms with van der Waals surface area (Å²) in [6.07, 6.45) is 10.4. The van der Waals surface area contributed by atoms with Crippen LogP contribution in [0.15, 0.2) is 12.3 Å². The molecule has 2 N–H and O–H groups in total. The zero-order chi connectivity index (χ0) is 26.8. The number of hydrogen-bond donors (Lipinski definition) is 1. The van der Waals surface area contributed by atoms with E-state index < -0.39 is 0 Å². The smallest absolute Gasteiger partial charge is 0.138 e. The molecule has 36 heavy (non-hydrogen) atoms. The molecule has 0 bridgehead atoms. The van der Waals surface area contributed by atoms with Gasteiger partial charge in [-0.2, -0.15) is 0 Å². The zero-order valence-electron chi connectivity index (χ0n) is 25.1. The summed E-state index contributed by atoms with van der Waals surface area (Å²) in [6.45, 7) is 25.5. The molecule has 4 aliphatic carbocycles. The van der Waals surface area contributed by atoms with Gasteiger partial charge in [0.05, 0.1) is 5.76 Å². The molecule has 4 aliphatic rings. The Hall–Kier alpha value is -0.830. The van der Waals surface area contributed by atoms with Crippen molar-refractivity contribution in [2.75, 3.05) is 0 Å². The summed E-state index contributed by atoms with van der Waals surface area (Å²) in [5, 5.41) is 0. The van der Waals surface area contributed by atoms with Gasteiger partial charge in [0, 0.05) is 23.3 Å². The van der Waals surface area contributed by atoms with Crippen LogP contribution >= 0.6 is 0 Å². The third-order valence-electron chi connectivity index (χ3n) is 12.7. The van der Waals surface area contributed by atoms with Gasteiger partial charge in [-0.3, -0.25) is 4.79 Å². The lowest BCUT2D eigenvalue weighted by Gasteiger charge is -2.68. The normalized spacial score (nSPS) is 48.4. The van der Waals surface area contributed by atoms with E-state index in [1.165, 1.54) is 32.1 Å². The van der Waals surface area contributed by atoms with E-state index in [2.05, 4.69) is 62.0 Å². The minimum Gasteiger partial charge on any atom is -0.495 e. The fraction of sp³-hybridized carbons (Fsp3) is 0.909. The van der Waals surface area contributed by atoms with E-state index in [1.807, 2.05) is 6.92 Å². The van der Waals surface area contributed by atoms with E-state index in [1.54, 1.807) is 0 Å². The largest absolute Gasteiger partial charge is 0.495 e. The van der Waals surface area contributed by atoms with Crippen molar-refractivity contribution in [3.05, 3.63) is 12.3 Å². The highest BCUT2D eigenvalue weighted by Gasteiger charge is 2.65. The maximum Gasteiger partial charge on any atom is 0.138 e. The number of ether oxygens (including phenoxy) is 1. The Labute approximate surface area is 222 Å². The van der Waals surface area contributed by atoms with Crippen LogP contribution in [0, 0.1) is 57.7 Å². The van der Waals surface area contributed by atoms with Crippen molar-refractivity contribution in [3.63, 3.8) is 0 Å². The highest BCUT2D eigenvalue weighted by Crippen LogP contribution is 2.70. The molecule has 206 valence electrons. The molecular formula is C33H57NO2. The fourth-order valence-electron chi connectivity index (χ4n) is 11.1. The highest BCUT2D eigenvalue weighted by molar-refractivity contribution is 5.85. The standard InChI is InChI=1S/C33H57NO2/c1-11-16-33(34)19-24(35)28(20(2)3)29(33)23-12-13-26-31(9,22(23)6)17-14-25-30(7,8)27(36-21(4)5)15-18-32(25,26)10/h20,22-23,25-29H,4,11-19,34H2,1-3,5-10H3/t22-,23?,25?,26?,27?,28?,29?,31?,32?,33?/m0/s1. The first-order chi connectivity index (χ1) is 16.6. The predicted molar refractivity (Wildman–Crippen MR) is 150 cm³/mol. The molecule has 4 rings (SSSR count). The molecule has 0 saturated heterocycles. The van der Waals surface area contributed by atoms with E-state index in [4.69, 9.17) is 10.5 Å². The average molecular weight is 500 g/mol. The van der Waals surface area contributed by atoms with Crippen molar-refractivity contribution in [1.82, 2.24) is 0 Å². The molecule has 4 fully saturated rings. The molecule has 0 radical (unpaired) electrons. The molecule has 3 heteroatoms. The zero-order valence-corrected chi connectivity index (χ0v) is 25.1. The molecule has 0 aromatic carbocycles. The number of carbonyl (C=O) groups excluding carboxylic acids is 1. The van der Waals surface area contributed by atoms with Crippen LogP contribution in [0.3, 0.4) is 0 Å². The monoisotopic (exact) mass is 499 g/mol. The van der Waals surface area contributed by atoms with Gasteiger partial charge < -0.3 is 10.5 Å². The Morgan fingerprint density at radius 3 is 2.28 bits per heavy atom. The number of allylic oxidation sites excluding steroid dienone is 1. The topological polar surface area (TPSA) is 52.3 Å². The van der Waals surface area contributed by atoms with Gasteiger partial charge in [-0.25, -0.2) is 0 Å². The summed E-state index contributed by atoms with van der Waals surface area (Å²) in [5.41, 5.74) is 7.71. The van der Waals surface area contributed by atoms with Gasteiger partial charge in [-0.1, -0.05) is 68.4 Å². The molecule has 0 aromatic heterocycles. The Morgan fingerprint density at radius 1 is 1.06 bits per heavy atom. The summed E-state index contributed by atoms with van der Waals surface area (Å²) < 4.78 is 6.32. The second kappa shape index (κ2) is 9.42. The van der Waals surface area contributed by atoms with Crippen molar-refractivity contribution in [3.8, 4) is 0 Å². The molecule has 4 saturated carbocycles. The van der Waals surface area contributed by atoms with Crippen molar-refractivity contribution in [1.29, 1.82) is 0 Å². The van der Waals surface area contributed by atoms with Gasteiger partial charge in [-0.05, 0) is 98.2 Å². The summed E-state index contributed by atoms with van der Waals surface area (Å²) >= 11 is 0. The van der Waals surface area contributed by atoms with E-state index in [0.717, 1.165) is 30.9 Å². The van der Waals surface area contributed by atoms with Gasteiger partial charge in [0.25, 0.3) is 0 Å². The van der Waals surface area contributed by atoms with Crippen LogP contribution in [-0.2, 0) is 9.53 Å². The lowest BCUT2D eigenvalue weighted by atomic mass is 9.37. The number of nitrogens with two attached hydrogens (primary N) is 1. The second-order valence-corrected chi connectivity index (χ2v) is 15.3. The van der Waals surface area contributed by atoms with Crippen molar-refractivity contribution in [2.45, 2.75) is 132 Å². The lowest BCUT2D eigenvalue weighted by Crippen LogP contribution is -2.63. The van der Waals surface area contributed by atoms with E-state index in [0.29, 0.717) is 52.6 Å². The first-order valence-corrected chi connectivity index (χ1v) is 15.3. The van der Waals surface area contributed by atoms with Crippen molar-refractivity contribution < 1.29 is 9.53 Å². The Balaban J connectivity index is 1.66. The van der Waals surface area contributed by atoms with Crippen molar-refractivity contribution in [2.24, 2.45) is 63.4 Å². The summed E-state index contributed by atoms with van der Waals surface area (Å²) in [7, 11) is 0. The third kappa shape index (κ3) is 4.13. The third-order valence-corrected chi connectivity index (χ3v) is 12.7. The molecule has 0 aromatic rings. The first-order valence-electron chi connectivity index (χ1n) is 15.3. The van der Waals surface area contributed by atoms with Crippen LogP contribution in [0.5, 0.6) is 0 Å². The van der Waals surface area contributed by atoms with Gasteiger partial charge in [0.15, 0.2) is 0 Å². The number of carbonyl (C=O) groups is 1. The van der Waals surface area contributed by atoms with Gasteiger partial charge >= 0.3 is 0 Å². The predicted octanol–water partition coefficient (Wildman–Crippen LogP) is 8.17. The first kappa shape index (κ1) is 28.2. The fourth-order valence-corrected chi connectivity index (χ4v) is 11.1. The van der Waals surface area contributed by atoms with Gasteiger partial charge in [0.2, 0.25) is 0 Å². The minimum absolute atomic E-state index is 0.134. The number of ketones is 1. The van der Waals surface area contributed by atoms with Crippen LogP contribution in [-0.4, -0.2) is 17.4 Å². The number of hydrogen-bond acceptors (Lipinski definition) is 3. The van der Waals surface area contributed by atoms with E-state index in [9.17, 15) is 4.79 Å². The Bertz CT molecular complexity index is 862. The maximum absolute atomic E-state index is 13.3. The van der Waals surface area contributed by atoms with Crippen LogP contribution in [0.2, 0.25) is 0 Å². The summed E-state index contributed by atoms with van der Waals surface area (Å²) in [5.74, 6) is 4.70. The highest BCUT2D eigenvalue weighted by atomic mass is 16.5. The van der Waals surface area contributed by atoms with Gasteiger partial charge in [0.1, 0.15) is 11.9 Å². The minimum atomic E-state index is -0.316. The average Bonchev–Trinajstić information content (AvgIpc) is 3.01. The molecule has 3 nitrogen and oxygen atoms in total. The van der Waals surface area contributed by atoms with Crippen LogP contribution in [0.1, 0.15) is 120 Å². The lowest BCUT2D eigenvalue weighted by molar-refractivity contribution is -0.206. The summed E-state index contributed by atoms with van der Waals surface area (Å²) in [6, 6.07) is 0. The summed E-state index contributed by atoms with van der Waals surface area (Å²) in [4.78, 5) is 13.3. The molecule has 9 unspecified atom stereocenters. The number of fused-ring (bicyclic) bond motifs is 3. The molecule has 10 atom stereocenters. The van der Waals surface area contributed by atoms with E-state index >= 15 is 0 Å². The molecule has 0 heterocycles.